The SMILES string of the molecule is CN(Cc1cnn(C)c1)c1nc2ccc(N)cc2[nH]1. The van der Waals surface area contributed by atoms with E-state index in [0.717, 1.165) is 34.8 Å². The van der Waals surface area contributed by atoms with Crippen LogP contribution in [0.25, 0.3) is 11.0 Å². The summed E-state index contributed by atoms with van der Waals surface area (Å²) in [5.74, 6) is 0.824. The highest BCUT2D eigenvalue weighted by molar-refractivity contribution is 5.80. The van der Waals surface area contributed by atoms with E-state index in [-0.39, 0.29) is 0 Å². The second kappa shape index (κ2) is 4.31. The number of nitrogens with zero attached hydrogens (tertiary/aromatic N) is 4. The third-order valence-electron chi connectivity index (χ3n) is 3.03. The van der Waals surface area contributed by atoms with E-state index >= 15 is 0 Å². The zero-order chi connectivity index (χ0) is 13.4. The van der Waals surface area contributed by atoms with E-state index in [1.165, 1.54) is 0 Å². The van der Waals surface area contributed by atoms with Gasteiger partial charge in [0.2, 0.25) is 5.95 Å². The van der Waals surface area contributed by atoms with Crippen molar-refractivity contribution in [2.24, 2.45) is 7.05 Å². The van der Waals surface area contributed by atoms with Crippen LogP contribution in [0.15, 0.2) is 30.6 Å². The molecule has 0 saturated heterocycles. The van der Waals surface area contributed by atoms with Gasteiger partial charge in [-0.25, -0.2) is 4.98 Å². The molecule has 1 aromatic carbocycles. The van der Waals surface area contributed by atoms with Crippen LogP contribution in [-0.2, 0) is 13.6 Å². The number of benzene rings is 1. The normalized spacial score (nSPS) is 11.1. The fourth-order valence-electron chi connectivity index (χ4n) is 2.10. The lowest BCUT2D eigenvalue weighted by Crippen LogP contribution is -2.17. The monoisotopic (exact) mass is 256 g/mol. The van der Waals surface area contributed by atoms with Crippen LogP contribution < -0.4 is 10.6 Å². The first-order valence-corrected chi connectivity index (χ1v) is 6.06. The van der Waals surface area contributed by atoms with Crippen molar-refractivity contribution in [1.29, 1.82) is 0 Å². The standard InChI is InChI=1S/C13H16N6/c1-18(7-9-6-15-19(2)8-9)13-16-11-4-3-10(14)5-12(11)17-13/h3-6,8H,7,14H2,1-2H3,(H,16,17). The number of rotatable bonds is 3. The Hall–Kier alpha value is -2.50. The Morgan fingerprint density at radius 2 is 2.26 bits per heavy atom. The van der Waals surface area contributed by atoms with Gasteiger partial charge >= 0.3 is 0 Å². The van der Waals surface area contributed by atoms with Crippen molar-refractivity contribution in [2.45, 2.75) is 6.54 Å². The Kier molecular flexibility index (Phi) is 2.63. The molecule has 6 heteroatoms. The minimum absolute atomic E-state index is 0.734. The third kappa shape index (κ3) is 2.24. The van der Waals surface area contributed by atoms with Crippen LogP contribution in [0.4, 0.5) is 11.6 Å². The van der Waals surface area contributed by atoms with Gasteiger partial charge < -0.3 is 15.6 Å². The Balaban J connectivity index is 1.86. The number of fused-ring (bicyclic) bond motifs is 1. The maximum atomic E-state index is 5.76. The van der Waals surface area contributed by atoms with E-state index in [9.17, 15) is 0 Å². The Morgan fingerprint density at radius 1 is 1.42 bits per heavy atom. The van der Waals surface area contributed by atoms with E-state index in [1.54, 1.807) is 4.68 Å². The van der Waals surface area contributed by atoms with Crippen molar-refractivity contribution in [2.75, 3.05) is 17.7 Å². The lowest BCUT2D eigenvalue weighted by atomic mass is 10.3. The van der Waals surface area contributed by atoms with Crippen LogP contribution in [0, 0.1) is 0 Å². The molecule has 19 heavy (non-hydrogen) atoms. The lowest BCUT2D eigenvalue weighted by molar-refractivity contribution is 0.766. The van der Waals surface area contributed by atoms with Gasteiger partial charge in [-0.1, -0.05) is 0 Å². The zero-order valence-electron chi connectivity index (χ0n) is 11.0. The highest BCUT2D eigenvalue weighted by Gasteiger charge is 2.09. The number of anilines is 2. The van der Waals surface area contributed by atoms with Gasteiger partial charge in [0.1, 0.15) is 0 Å². The largest absolute Gasteiger partial charge is 0.399 e. The van der Waals surface area contributed by atoms with E-state index in [1.807, 2.05) is 49.6 Å². The van der Waals surface area contributed by atoms with E-state index in [4.69, 9.17) is 5.73 Å². The van der Waals surface area contributed by atoms with E-state index in [0.29, 0.717) is 0 Å². The van der Waals surface area contributed by atoms with Crippen LogP contribution in [0.5, 0.6) is 0 Å². The molecule has 0 aliphatic rings. The Labute approximate surface area is 110 Å². The molecule has 6 nitrogen and oxygen atoms in total. The molecule has 0 bridgehead atoms. The van der Waals surface area contributed by atoms with Gasteiger partial charge in [-0.2, -0.15) is 5.10 Å². The fourth-order valence-corrected chi connectivity index (χ4v) is 2.10. The first-order valence-electron chi connectivity index (χ1n) is 6.06. The van der Waals surface area contributed by atoms with Gasteiger partial charge in [-0.15, -0.1) is 0 Å². The van der Waals surface area contributed by atoms with Gasteiger partial charge in [-0.3, -0.25) is 4.68 Å². The molecule has 3 aromatic rings. The first kappa shape index (κ1) is 11.6. The van der Waals surface area contributed by atoms with Gasteiger partial charge in [0, 0.05) is 38.1 Å². The van der Waals surface area contributed by atoms with Crippen molar-refractivity contribution >= 4 is 22.7 Å². The molecule has 0 unspecified atom stereocenters. The molecule has 0 atom stereocenters. The average Bonchev–Trinajstić information content (AvgIpc) is 2.95. The summed E-state index contributed by atoms with van der Waals surface area (Å²) in [6.07, 6.45) is 3.86. The second-order valence-electron chi connectivity index (χ2n) is 4.72. The quantitative estimate of drug-likeness (QED) is 0.697. The number of aromatic amines is 1. The van der Waals surface area contributed by atoms with Crippen molar-refractivity contribution in [3.05, 3.63) is 36.2 Å². The number of H-pyrrole nitrogens is 1. The number of nitrogens with two attached hydrogens (primary N) is 1. The third-order valence-corrected chi connectivity index (χ3v) is 3.03. The van der Waals surface area contributed by atoms with Crippen LogP contribution in [0.1, 0.15) is 5.56 Å². The molecule has 0 radical (unpaired) electrons. The average molecular weight is 256 g/mol. The van der Waals surface area contributed by atoms with Crippen molar-refractivity contribution < 1.29 is 0 Å². The number of hydrogen-bond acceptors (Lipinski definition) is 4. The molecular weight excluding hydrogens is 240 g/mol. The Morgan fingerprint density at radius 3 is 3.00 bits per heavy atom. The molecule has 0 fully saturated rings. The lowest BCUT2D eigenvalue weighted by Gasteiger charge is -2.14. The minimum atomic E-state index is 0.734. The van der Waals surface area contributed by atoms with Crippen LogP contribution in [0.3, 0.4) is 0 Å². The summed E-state index contributed by atoms with van der Waals surface area (Å²) >= 11 is 0. The fraction of sp³-hybridized carbons (Fsp3) is 0.231. The summed E-state index contributed by atoms with van der Waals surface area (Å²) in [5, 5.41) is 4.16. The first-order chi connectivity index (χ1) is 9.11. The number of nitrogen functional groups attached to an aromatic ring is 1. The summed E-state index contributed by atoms with van der Waals surface area (Å²) in [6, 6.07) is 5.67. The molecule has 0 spiro atoms. The molecule has 3 N–H and O–H groups in total. The molecule has 0 aliphatic carbocycles. The Bertz CT molecular complexity index is 711. The van der Waals surface area contributed by atoms with Gasteiger partial charge in [0.05, 0.1) is 17.2 Å². The molecule has 2 aromatic heterocycles. The number of aromatic nitrogens is 4. The predicted octanol–water partition coefficient (Wildman–Crippen LogP) is 1.51. The summed E-state index contributed by atoms with van der Waals surface area (Å²) in [4.78, 5) is 9.86. The minimum Gasteiger partial charge on any atom is -0.399 e. The summed E-state index contributed by atoms with van der Waals surface area (Å²) in [5.41, 5.74) is 9.51. The molecule has 2 heterocycles. The van der Waals surface area contributed by atoms with Gasteiger partial charge in [-0.05, 0) is 18.2 Å². The van der Waals surface area contributed by atoms with Crippen LogP contribution in [0.2, 0.25) is 0 Å². The van der Waals surface area contributed by atoms with Crippen molar-refractivity contribution in [3.63, 3.8) is 0 Å². The number of aryl methyl sites for hydroxylation is 1. The van der Waals surface area contributed by atoms with Gasteiger partial charge in [0.15, 0.2) is 0 Å². The number of hydrogen-bond donors (Lipinski definition) is 2. The van der Waals surface area contributed by atoms with Gasteiger partial charge in [0.25, 0.3) is 0 Å². The van der Waals surface area contributed by atoms with E-state index in [2.05, 4.69) is 15.1 Å². The molecule has 3 rings (SSSR count). The second-order valence-corrected chi connectivity index (χ2v) is 4.72. The zero-order valence-corrected chi connectivity index (χ0v) is 11.0. The molecule has 0 saturated carbocycles. The van der Waals surface area contributed by atoms with E-state index < -0.39 is 0 Å². The summed E-state index contributed by atoms with van der Waals surface area (Å²) < 4.78 is 1.79. The maximum Gasteiger partial charge on any atom is 0.203 e. The number of imidazole rings is 1. The smallest absolute Gasteiger partial charge is 0.203 e. The predicted molar refractivity (Wildman–Crippen MR) is 75.8 cm³/mol. The highest BCUT2D eigenvalue weighted by atomic mass is 15.3. The summed E-state index contributed by atoms with van der Waals surface area (Å²) in [7, 11) is 3.90. The summed E-state index contributed by atoms with van der Waals surface area (Å²) in [6.45, 7) is 0.753. The van der Waals surface area contributed by atoms with Crippen LogP contribution >= 0.6 is 0 Å². The van der Waals surface area contributed by atoms with Crippen molar-refractivity contribution in [3.8, 4) is 0 Å². The molecule has 0 aliphatic heterocycles. The molecule has 98 valence electrons. The maximum absolute atomic E-state index is 5.76. The molecular formula is C13H16N6. The van der Waals surface area contributed by atoms with Crippen LogP contribution in [-0.4, -0.2) is 26.8 Å². The molecule has 0 amide bonds. The van der Waals surface area contributed by atoms with Crippen molar-refractivity contribution in [1.82, 2.24) is 19.7 Å². The number of nitrogens with one attached hydrogen (secondary N) is 1. The topological polar surface area (TPSA) is 75.8 Å². The highest BCUT2D eigenvalue weighted by Crippen LogP contribution is 2.19.